The Kier molecular flexibility index (Phi) is 6.93. The van der Waals surface area contributed by atoms with Crippen molar-refractivity contribution in [2.45, 2.75) is 50.5 Å². The number of nitrogens with one attached hydrogen (secondary N) is 2. The first-order valence-electron chi connectivity index (χ1n) is 8.51. The van der Waals surface area contributed by atoms with Gasteiger partial charge in [0, 0.05) is 31.6 Å². The zero-order valence-electron chi connectivity index (χ0n) is 13.5. The number of nitrogens with zero attached hydrogens (tertiary/aromatic N) is 1. The Morgan fingerprint density at radius 2 is 1.90 bits per heavy atom. The summed E-state index contributed by atoms with van der Waals surface area (Å²) in [5.74, 6) is 0.198. The molecule has 2 aliphatic rings. The Bertz CT molecular complexity index is 311. The molecule has 2 fully saturated rings. The van der Waals surface area contributed by atoms with E-state index in [4.69, 9.17) is 4.74 Å². The molecule has 1 aliphatic heterocycles. The van der Waals surface area contributed by atoms with Gasteiger partial charge < -0.3 is 15.4 Å². The highest BCUT2D eigenvalue weighted by molar-refractivity contribution is 5.75. The summed E-state index contributed by atoms with van der Waals surface area (Å²) in [6.07, 6.45) is 7.86. The number of hydrogen-bond acceptors (Lipinski definition) is 4. The molecule has 0 atom stereocenters. The third-order valence-corrected chi connectivity index (χ3v) is 4.91. The molecule has 1 heterocycles. The van der Waals surface area contributed by atoms with E-state index in [1.54, 1.807) is 0 Å². The largest absolute Gasteiger partial charge is 0.379 e. The van der Waals surface area contributed by atoms with Crippen molar-refractivity contribution in [3.8, 4) is 0 Å². The molecule has 0 bridgehead atoms. The average molecular weight is 297 g/mol. The predicted molar refractivity (Wildman–Crippen MR) is 84.4 cm³/mol. The second kappa shape index (κ2) is 8.71. The topological polar surface area (TPSA) is 53.6 Å². The van der Waals surface area contributed by atoms with Gasteiger partial charge in [-0.1, -0.05) is 19.3 Å². The van der Waals surface area contributed by atoms with Gasteiger partial charge in [-0.05, 0) is 32.9 Å². The van der Waals surface area contributed by atoms with E-state index in [0.29, 0.717) is 6.42 Å². The first-order chi connectivity index (χ1) is 10.3. The van der Waals surface area contributed by atoms with Crippen molar-refractivity contribution in [2.75, 3.05) is 46.4 Å². The van der Waals surface area contributed by atoms with E-state index < -0.39 is 0 Å². The first-order valence-corrected chi connectivity index (χ1v) is 8.51. The summed E-state index contributed by atoms with van der Waals surface area (Å²) in [7, 11) is 1.92. The number of rotatable bonds is 7. The minimum absolute atomic E-state index is 0.181. The van der Waals surface area contributed by atoms with Gasteiger partial charge in [0.05, 0.1) is 13.2 Å². The molecule has 2 rings (SSSR count). The number of hydrogen-bond donors (Lipinski definition) is 2. The van der Waals surface area contributed by atoms with Gasteiger partial charge in [-0.2, -0.15) is 0 Å². The molecule has 1 saturated heterocycles. The smallest absolute Gasteiger partial charge is 0.220 e. The fourth-order valence-electron chi connectivity index (χ4n) is 3.63. The third kappa shape index (κ3) is 4.94. The molecular formula is C16H31N3O2. The lowest BCUT2D eigenvalue weighted by Gasteiger charge is -2.48. The zero-order valence-corrected chi connectivity index (χ0v) is 13.5. The van der Waals surface area contributed by atoms with Crippen LogP contribution in [0, 0.1) is 0 Å². The molecule has 1 amide bonds. The minimum atomic E-state index is 0.181. The lowest BCUT2D eigenvalue weighted by molar-refractivity contribution is -0.122. The molecule has 21 heavy (non-hydrogen) atoms. The maximum atomic E-state index is 12.0. The molecule has 0 aromatic rings. The van der Waals surface area contributed by atoms with Gasteiger partial charge >= 0.3 is 0 Å². The number of ether oxygens (including phenoxy) is 1. The van der Waals surface area contributed by atoms with E-state index in [0.717, 1.165) is 45.8 Å². The highest BCUT2D eigenvalue weighted by Crippen LogP contribution is 2.33. The van der Waals surface area contributed by atoms with Crippen LogP contribution in [0.3, 0.4) is 0 Å². The zero-order chi connectivity index (χ0) is 15.0. The summed E-state index contributed by atoms with van der Waals surface area (Å²) >= 11 is 0. The Labute approximate surface area is 128 Å². The van der Waals surface area contributed by atoms with E-state index in [9.17, 15) is 4.79 Å². The lowest BCUT2D eigenvalue weighted by Crippen LogP contribution is -2.59. The molecule has 0 spiro atoms. The summed E-state index contributed by atoms with van der Waals surface area (Å²) in [4.78, 5) is 14.6. The molecule has 122 valence electrons. The van der Waals surface area contributed by atoms with Gasteiger partial charge in [-0.3, -0.25) is 9.69 Å². The van der Waals surface area contributed by atoms with Gasteiger partial charge in [0.15, 0.2) is 0 Å². The second-order valence-corrected chi connectivity index (χ2v) is 6.37. The molecule has 2 N–H and O–H groups in total. The molecule has 1 saturated carbocycles. The van der Waals surface area contributed by atoms with E-state index in [1.807, 2.05) is 7.05 Å². The van der Waals surface area contributed by atoms with Crippen molar-refractivity contribution in [3.05, 3.63) is 0 Å². The van der Waals surface area contributed by atoms with Gasteiger partial charge in [0.25, 0.3) is 0 Å². The quantitative estimate of drug-likeness (QED) is 0.692. The van der Waals surface area contributed by atoms with Crippen molar-refractivity contribution in [2.24, 2.45) is 0 Å². The van der Waals surface area contributed by atoms with Gasteiger partial charge in [0.1, 0.15) is 0 Å². The van der Waals surface area contributed by atoms with Crippen LogP contribution < -0.4 is 10.6 Å². The highest BCUT2D eigenvalue weighted by Gasteiger charge is 2.38. The van der Waals surface area contributed by atoms with Crippen molar-refractivity contribution in [1.82, 2.24) is 15.5 Å². The van der Waals surface area contributed by atoms with Crippen molar-refractivity contribution in [1.29, 1.82) is 0 Å². The minimum Gasteiger partial charge on any atom is -0.379 e. The Morgan fingerprint density at radius 3 is 2.57 bits per heavy atom. The third-order valence-electron chi connectivity index (χ3n) is 4.91. The lowest BCUT2D eigenvalue weighted by atomic mass is 9.79. The first kappa shape index (κ1) is 16.7. The van der Waals surface area contributed by atoms with Crippen LogP contribution in [0.25, 0.3) is 0 Å². The van der Waals surface area contributed by atoms with Crippen LogP contribution in [0.2, 0.25) is 0 Å². The van der Waals surface area contributed by atoms with Gasteiger partial charge in [0.2, 0.25) is 5.91 Å². The summed E-state index contributed by atoms with van der Waals surface area (Å²) in [5.41, 5.74) is 0.181. The average Bonchev–Trinajstić information content (AvgIpc) is 2.55. The normalized spacial score (nSPS) is 22.9. The molecule has 5 heteroatoms. The summed E-state index contributed by atoms with van der Waals surface area (Å²) in [5, 5.41) is 6.29. The van der Waals surface area contributed by atoms with Crippen molar-refractivity contribution >= 4 is 5.91 Å². The SMILES string of the molecule is CNCCCC(=O)NCC1(N2CCOCC2)CCCCC1. The van der Waals surface area contributed by atoms with Crippen LogP contribution in [0.1, 0.15) is 44.9 Å². The molecular weight excluding hydrogens is 266 g/mol. The van der Waals surface area contributed by atoms with Crippen LogP contribution in [0.15, 0.2) is 0 Å². The van der Waals surface area contributed by atoms with E-state index in [2.05, 4.69) is 15.5 Å². The van der Waals surface area contributed by atoms with Crippen LogP contribution in [-0.2, 0) is 9.53 Å². The van der Waals surface area contributed by atoms with Crippen LogP contribution in [-0.4, -0.2) is 62.8 Å². The van der Waals surface area contributed by atoms with E-state index in [1.165, 1.54) is 32.1 Å². The molecule has 5 nitrogen and oxygen atoms in total. The Hall–Kier alpha value is -0.650. The maximum absolute atomic E-state index is 12.0. The predicted octanol–water partition coefficient (Wildman–Crippen LogP) is 1.14. The number of carbonyl (C=O) groups excluding carboxylic acids is 1. The number of amides is 1. The highest BCUT2D eigenvalue weighted by atomic mass is 16.5. The van der Waals surface area contributed by atoms with E-state index >= 15 is 0 Å². The summed E-state index contributed by atoms with van der Waals surface area (Å²) in [6, 6.07) is 0. The van der Waals surface area contributed by atoms with Crippen LogP contribution in [0.4, 0.5) is 0 Å². The van der Waals surface area contributed by atoms with Crippen LogP contribution in [0.5, 0.6) is 0 Å². The van der Waals surface area contributed by atoms with Gasteiger partial charge in [-0.15, -0.1) is 0 Å². The maximum Gasteiger partial charge on any atom is 0.220 e. The fourth-order valence-corrected chi connectivity index (χ4v) is 3.63. The van der Waals surface area contributed by atoms with Gasteiger partial charge in [-0.25, -0.2) is 0 Å². The molecule has 0 radical (unpaired) electrons. The number of morpholine rings is 1. The van der Waals surface area contributed by atoms with Crippen LogP contribution >= 0.6 is 0 Å². The molecule has 0 aromatic heterocycles. The summed E-state index contributed by atoms with van der Waals surface area (Å²) < 4.78 is 5.49. The Morgan fingerprint density at radius 1 is 1.19 bits per heavy atom. The second-order valence-electron chi connectivity index (χ2n) is 6.37. The monoisotopic (exact) mass is 297 g/mol. The fraction of sp³-hybridized carbons (Fsp3) is 0.938. The molecule has 0 unspecified atom stereocenters. The number of carbonyl (C=O) groups is 1. The van der Waals surface area contributed by atoms with Crippen molar-refractivity contribution < 1.29 is 9.53 Å². The standard InChI is InChI=1S/C16H31N3O2/c1-17-9-5-6-15(20)18-14-16(7-3-2-4-8-16)19-10-12-21-13-11-19/h17H,2-14H2,1H3,(H,18,20). The van der Waals surface area contributed by atoms with E-state index in [-0.39, 0.29) is 11.4 Å². The van der Waals surface area contributed by atoms with Crippen molar-refractivity contribution in [3.63, 3.8) is 0 Å². The molecule has 0 aromatic carbocycles. The summed E-state index contributed by atoms with van der Waals surface area (Å²) in [6.45, 7) is 5.40. The molecule has 1 aliphatic carbocycles. The Balaban J connectivity index is 1.85.